The molecular formula is C23H27Cl2N5O3. The van der Waals surface area contributed by atoms with Crippen molar-refractivity contribution in [2.24, 2.45) is 5.73 Å². The number of amides is 2. The number of aliphatic hydroxyl groups excluding tert-OH is 1. The van der Waals surface area contributed by atoms with E-state index in [2.05, 4.69) is 10.2 Å². The van der Waals surface area contributed by atoms with Crippen LogP contribution in [0.4, 0.5) is 0 Å². The summed E-state index contributed by atoms with van der Waals surface area (Å²) in [5, 5.41) is 17.4. The van der Waals surface area contributed by atoms with Gasteiger partial charge in [0.25, 0.3) is 5.91 Å². The number of hydrogen-bond acceptors (Lipinski definition) is 5. The van der Waals surface area contributed by atoms with E-state index in [1.807, 2.05) is 60.7 Å². The Labute approximate surface area is 204 Å². The lowest BCUT2D eigenvalue weighted by atomic mass is 10.1. The van der Waals surface area contributed by atoms with Gasteiger partial charge < -0.3 is 20.6 Å². The predicted molar refractivity (Wildman–Crippen MR) is 134 cm³/mol. The predicted octanol–water partition coefficient (Wildman–Crippen LogP) is 2.18. The van der Waals surface area contributed by atoms with Crippen molar-refractivity contribution in [2.45, 2.75) is 6.04 Å². The molecule has 4 rings (SSSR count). The first-order chi connectivity index (χ1) is 15.1. The standard InChI is InChI=1S/C23H25N5O3.2ClH/c24-19(15-29)23(31)28-13-11-27(12-14-28)22(30)17-8-5-16(6-9-17)7-10-21-18-3-1-2-4-20(18)25-26-21;;/h1-10,19,29H,11-15,24H2,(H,25,26);2*1H. The number of nitrogens with zero attached hydrogens (tertiary/aromatic N) is 3. The van der Waals surface area contributed by atoms with E-state index in [0.717, 1.165) is 22.2 Å². The minimum atomic E-state index is -0.901. The molecule has 1 atom stereocenters. The highest BCUT2D eigenvalue weighted by atomic mass is 35.5. The minimum absolute atomic E-state index is 0. The molecule has 1 unspecified atom stereocenters. The minimum Gasteiger partial charge on any atom is -0.394 e. The van der Waals surface area contributed by atoms with Gasteiger partial charge in [-0.3, -0.25) is 14.7 Å². The van der Waals surface area contributed by atoms with Crippen LogP contribution in [-0.2, 0) is 4.79 Å². The van der Waals surface area contributed by atoms with E-state index in [4.69, 9.17) is 10.8 Å². The van der Waals surface area contributed by atoms with Crippen molar-refractivity contribution >= 4 is 59.7 Å². The third kappa shape index (κ3) is 5.91. The second kappa shape index (κ2) is 11.8. The summed E-state index contributed by atoms with van der Waals surface area (Å²) >= 11 is 0. The molecule has 1 aromatic heterocycles. The summed E-state index contributed by atoms with van der Waals surface area (Å²) in [4.78, 5) is 28.2. The molecule has 33 heavy (non-hydrogen) atoms. The number of H-pyrrole nitrogens is 1. The SMILES string of the molecule is Cl.Cl.NC(CO)C(=O)N1CCN(C(=O)c2ccc(C=Cc3n[nH]c4ccccc34)cc2)CC1. The second-order valence-electron chi connectivity index (χ2n) is 7.52. The van der Waals surface area contributed by atoms with Crippen LogP contribution in [0.1, 0.15) is 21.6 Å². The van der Waals surface area contributed by atoms with Crippen LogP contribution in [0.5, 0.6) is 0 Å². The van der Waals surface area contributed by atoms with E-state index in [1.54, 1.807) is 9.80 Å². The van der Waals surface area contributed by atoms with E-state index in [1.165, 1.54) is 0 Å². The van der Waals surface area contributed by atoms with E-state index in [0.29, 0.717) is 31.7 Å². The number of aromatic nitrogens is 2. The Balaban J connectivity index is 0.00000193. The van der Waals surface area contributed by atoms with Gasteiger partial charge in [0.05, 0.1) is 17.8 Å². The number of rotatable bonds is 5. The van der Waals surface area contributed by atoms with Gasteiger partial charge in [-0.15, -0.1) is 24.8 Å². The number of aromatic amines is 1. The molecule has 0 saturated carbocycles. The number of nitrogens with one attached hydrogen (secondary N) is 1. The number of para-hydroxylation sites is 1. The topological polar surface area (TPSA) is 116 Å². The second-order valence-corrected chi connectivity index (χ2v) is 7.52. The molecule has 2 heterocycles. The quantitative estimate of drug-likeness (QED) is 0.505. The van der Waals surface area contributed by atoms with Gasteiger partial charge in [0, 0.05) is 37.1 Å². The van der Waals surface area contributed by atoms with Gasteiger partial charge in [-0.2, -0.15) is 5.10 Å². The first-order valence-electron chi connectivity index (χ1n) is 10.2. The number of halogens is 2. The maximum absolute atomic E-state index is 12.8. The highest BCUT2D eigenvalue weighted by Crippen LogP contribution is 2.18. The number of aliphatic hydroxyl groups is 1. The fourth-order valence-electron chi connectivity index (χ4n) is 3.65. The molecule has 0 bridgehead atoms. The van der Waals surface area contributed by atoms with Crippen molar-refractivity contribution < 1.29 is 14.7 Å². The van der Waals surface area contributed by atoms with Gasteiger partial charge in [0.1, 0.15) is 6.04 Å². The van der Waals surface area contributed by atoms with Crippen molar-refractivity contribution in [3.8, 4) is 0 Å². The summed E-state index contributed by atoms with van der Waals surface area (Å²) < 4.78 is 0. The Kier molecular flexibility index (Phi) is 9.43. The molecule has 1 fully saturated rings. The largest absolute Gasteiger partial charge is 0.394 e. The van der Waals surface area contributed by atoms with Crippen LogP contribution in [-0.4, -0.2) is 75.7 Å². The molecule has 0 spiro atoms. The Morgan fingerprint density at radius 1 is 1.00 bits per heavy atom. The number of fused-ring (bicyclic) bond motifs is 1. The monoisotopic (exact) mass is 491 g/mol. The summed E-state index contributed by atoms with van der Waals surface area (Å²) in [7, 11) is 0. The summed E-state index contributed by atoms with van der Waals surface area (Å²) in [5.74, 6) is -0.345. The van der Waals surface area contributed by atoms with E-state index in [9.17, 15) is 9.59 Å². The average Bonchev–Trinajstić information content (AvgIpc) is 3.25. The first-order valence-corrected chi connectivity index (χ1v) is 10.2. The number of piperazine rings is 1. The van der Waals surface area contributed by atoms with Crippen LogP contribution in [0, 0.1) is 0 Å². The fourth-order valence-corrected chi connectivity index (χ4v) is 3.65. The van der Waals surface area contributed by atoms with Crippen LogP contribution in [0.3, 0.4) is 0 Å². The zero-order valence-electron chi connectivity index (χ0n) is 17.9. The van der Waals surface area contributed by atoms with Gasteiger partial charge in [0.15, 0.2) is 0 Å². The highest BCUT2D eigenvalue weighted by molar-refractivity contribution is 5.95. The molecule has 8 nitrogen and oxygen atoms in total. The first kappa shape index (κ1) is 26.3. The van der Waals surface area contributed by atoms with Crippen LogP contribution in [0.15, 0.2) is 48.5 Å². The number of benzene rings is 2. The third-order valence-corrected chi connectivity index (χ3v) is 5.48. The molecule has 10 heteroatoms. The summed E-state index contributed by atoms with van der Waals surface area (Å²) in [5.41, 5.74) is 9.03. The Morgan fingerprint density at radius 2 is 1.64 bits per heavy atom. The molecule has 4 N–H and O–H groups in total. The van der Waals surface area contributed by atoms with Gasteiger partial charge in [-0.1, -0.05) is 36.4 Å². The number of carbonyl (C=O) groups excluding carboxylic acids is 2. The van der Waals surface area contributed by atoms with Gasteiger partial charge in [-0.05, 0) is 29.8 Å². The smallest absolute Gasteiger partial charge is 0.253 e. The molecule has 1 aliphatic rings. The fraction of sp³-hybridized carbons (Fsp3) is 0.261. The molecule has 2 amide bonds. The lowest BCUT2D eigenvalue weighted by Gasteiger charge is -2.35. The average molecular weight is 492 g/mol. The lowest BCUT2D eigenvalue weighted by molar-refractivity contribution is -0.134. The Bertz CT molecular complexity index is 1110. The van der Waals surface area contributed by atoms with Gasteiger partial charge in [-0.25, -0.2) is 0 Å². The summed E-state index contributed by atoms with van der Waals surface area (Å²) in [6.07, 6.45) is 3.91. The Hall–Kier alpha value is -2.91. The molecule has 1 saturated heterocycles. The van der Waals surface area contributed by atoms with Gasteiger partial charge >= 0.3 is 0 Å². The van der Waals surface area contributed by atoms with E-state index in [-0.39, 0.29) is 43.2 Å². The van der Waals surface area contributed by atoms with E-state index < -0.39 is 6.04 Å². The van der Waals surface area contributed by atoms with Crippen molar-refractivity contribution in [1.29, 1.82) is 0 Å². The zero-order chi connectivity index (χ0) is 21.8. The van der Waals surface area contributed by atoms with Gasteiger partial charge in [0.2, 0.25) is 5.91 Å². The summed E-state index contributed by atoms with van der Waals surface area (Å²) in [6, 6.07) is 14.5. The number of hydrogen-bond donors (Lipinski definition) is 3. The number of nitrogens with two attached hydrogens (primary N) is 1. The van der Waals surface area contributed by atoms with Crippen LogP contribution in [0.25, 0.3) is 23.1 Å². The normalized spacial score (nSPS) is 14.6. The maximum atomic E-state index is 12.8. The lowest BCUT2D eigenvalue weighted by Crippen LogP contribution is -2.55. The van der Waals surface area contributed by atoms with Crippen LogP contribution >= 0.6 is 24.8 Å². The van der Waals surface area contributed by atoms with Crippen LogP contribution < -0.4 is 5.73 Å². The molecule has 176 valence electrons. The highest BCUT2D eigenvalue weighted by Gasteiger charge is 2.27. The zero-order valence-corrected chi connectivity index (χ0v) is 19.5. The van der Waals surface area contributed by atoms with E-state index >= 15 is 0 Å². The summed E-state index contributed by atoms with van der Waals surface area (Å²) in [6.45, 7) is 1.33. The third-order valence-electron chi connectivity index (χ3n) is 5.48. The van der Waals surface area contributed by atoms with Crippen molar-refractivity contribution in [1.82, 2.24) is 20.0 Å². The number of carbonyl (C=O) groups is 2. The van der Waals surface area contributed by atoms with Crippen molar-refractivity contribution in [2.75, 3.05) is 32.8 Å². The van der Waals surface area contributed by atoms with Crippen molar-refractivity contribution in [3.63, 3.8) is 0 Å². The molecular weight excluding hydrogens is 465 g/mol. The molecule has 0 aliphatic carbocycles. The molecule has 2 aromatic carbocycles. The molecule has 1 aliphatic heterocycles. The van der Waals surface area contributed by atoms with Crippen molar-refractivity contribution in [3.05, 3.63) is 65.4 Å². The molecule has 3 aromatic rings. The Morgan fingerprint density at radius 3 is 2.30 bits per heavy atom. The molecule has 0 radical (unpaired) electrons. The van der Waals surface area contributed by atoms with Crippen LogP contribution in [0.2, 0.25) is 0 Å². The maximum Gasteiger partial charge on any atom is 0.253 e.